The minimum absolute atomic E-state index is 0.746. The Labute approximate surface area is 105 Å². The smallest absolute Gasteiger partial charge is 0.0348 e. The molecule has 0 unspecified atom stereocenters. The van der Waals surface area contributed by atoms with Crippen LogP contribution in [0.1, 0.15) is 30.0 Å². The molecule has 1 aromatic carbocycles. The van der Waals surface area contributed by atoms with Crippen molar-refractivity contribution >= 4 is 0 Å². The van der Waals surface area contributed by atoms with Crippen molar-refractivity contribution in [3.63, 3.8) is 0 Å². The Morgan fingerprint density at radius 1 is 1.18 bits per heavy atom. The van der Waals surface area contributed by atoms with Crippen LogP contribution in [0.3, 0.4) is 0 Å². The van der Waals surface area contributed by atoms with Crippen LogP contribution in [0.2, 0.25) is 0 Å². The summed E-state index contributed by atoms with van der Waals surface area (Å²) in [5.74, 6) is 0. The number of nitrogens with one attached hydrogen (secondary N) is 1. The van der Waals surface area contributed by atoms with Gasteiger partial charge in [0.1, 0.15) is 0 Å². The van der Waals surface area contributed by atoms with Crippen molar-refractivity contribution in [1.82, 2.24) is 10.2 Å². The fraction of sp³-hybridized carbons (Fsp3) is 0.600. The lowest BCUT2D eigenvalue weighted by Crippen LogP contribution is -2.56. The van der Waals surface area contributed by atoms with Gasteiger partial charge >= 0.3 is 0 Å². The van der Waals surface area contributed by atoms with E-state index in [9.17, 15) is 0 Å². The summed E-state index contributed by atoms with van der Waals surface area (Å²) in [6, 6.07) is 7.64. The van der Waals surface area contributed by atoms with Crippen LogP contribution in [0.4, 0.5) is 0 Å². The van der Waals surface area contributed by atoms with Crippen LogP contribution in [-0.2, 0) is 6.54 Å². The molecule has 0 amide bonds. The highest BCUT2D eigenvalue weighted by atomic mass is 15.2. The summed E-state index contributed by atoms with van der Waals surface area (Å²) in [6.45, 7) is 11.3. The maximum atomic E-state index is 3.37. The van der Waals surface area contributed by atoms with E-state index in [1.165, 1.54) is 29.7 Å². The molecule has 1 aromatic rings. The first-order valence-electron chi connectivity index (χ1n) is 6.71. The topological polar surface area (TPSA) is 15.3 Å². The Morgan fingerprint density at radius 3 is 2.29 bits per heavy atom. The molecule has 2 heteroatoms. The lowest BCUT2D eigenvalue weighted by atomic mass is 10.0. The molecule has 2 rings (SSSR count). The van der Waals surface area contributed by atoms with E-state index in [-0.39, 0.29) is 0 Å². The van der Waals surface area contributed by atoms with Crippen molar-refractivity contribution in [1.29, 1.82) is 0 Å². The molecule has 1 fully saturated rings. The summed E-state index contributed by atoms with van der Waals surface area (Å²) in [5.41, 5.74) is 4.22. The van der Waals surface area contributed by atoms with Crippen molar-refractivity contribution in [3.8, 4) is 0 Å². The van der Waals surface area contributed by atoms with Gasteiger partial charge in [0.25, 0.3) is 0 Å². The van der Waals surface area contributed by atoms with Gasteiger partial charge in [-0.15, -0.1) is 0 Å². The van der Waals surface area contributed by atoms with E-state index in [0.29, 0.717) is 0 Å². The SMILES string of the molecule is CCCN(Cc1cc(C)cc(C)c1)C1CNC1. The van der Waals surface area contributed by atoms with Crippen LogP contribution in [0.15, 0.2) is 18.2 Å². The zero-order valence-electron chi connectivity index (χ0n) is 11.3. The van der Waals surface area contributed by atoms with Crippen LogP contribution < -0.4 is 5.32 Å². The predicted molar refractivity (Wildman–Crippen MR) is 73.3 cm³/mol. The van der Waals surface area contributed by atoms with Crippen molar-refractivity contribution in [2.45, 2.75) is 39.8 Å². The van der Waals surface area contributed by atoms with Gasteiger partial charge in [0.2, 0.25) is 0 Å². The summed E-state index contributed by atoms with van der Waals surface area (Å²) >= 11 is 0. The second-order valence-corrected chi connectivity index (χ2v) is 5.28. The highest BCUT2D eigenvalue weighted by Crippen LogP contribution is 2.15. The van der Waals surface area contributed by atoms with Crippen molar-refractivity contribution < 1.29 is 0 Å². The van der Waals surface area contributed by atoms with E-state index in [2.05, 4.69) is 49.2 Å². The molecule has 0 bridgehead atoms. The Morgan fingerprint density at radius 2 is 1.82 bits per heavy atom. The molecule has 0 aromatic heterocycles. The maximum Gasteiger partial charge on any atom is 0.0348 e. The Kier molecular flexibility index (Phi) is 4.19. The summed E-state index contributed by atoms with van der Waals surface area (Å²) in [6.07, 6.45) is 1.24. The summed E-state index contributed by atoms with van der Waals surface area (Å²) in [4.78, 5) is 2.62. The van der Waals surface area contributed by atoms with Crippen LogP contribution >= 0.6 is 0 Å². The van der Waals surface area contributed by atoms with Gasteiger partial charge in [-0.1, -0.05) is 36.2 Å². The third kappa shape index (κ3) is 3.30. The van der Waals surface area contributed by atoms with Crippen LogP contribution in [0, 0.1) is 13.8 Å². The van der Waals surface area contributed by atoms with E-state index in [1.807, 2.05) is 0 Å². The highest BCUT2D eigenvalue weighted by Gasteiger charge is 2.23. The van der Waals surface area contributed by atoms with Gasteiger partial charge in [0, 0.05) is 25.7 Å². The fourth-order valence-electron chi connectivity index (χ4n) is 2.60. The van der Waals surface area contributed by atoms with Gasteiger partial charge in [-0.2, -0.15) is 0 Å². The standard InChI is InChI=1S/C15H24N2/c1-4-5-17(15-9-16-10-15)11-14-7-12(2)6-13(3)8-14/h6-8,15-16H,4-5,9-11H2,1-3H3. The number of benzene rings is 1. The van der Waals surface area contributed by atoms with Gasteiger partial charge in [0.15, 0.2) is 0 Å². The van der Waals surface area contributed by atoms with E-state index >= 15 is 0 Å². The molecule has 0 saturated carbocycles. The minimum Gasteiger partial charge on any atom is -0.314 e. The molecular formula is C15H24N2. The second-order valence-electron chi connectivity index (χ2n) is 5.28. The van der Waals surface area contributed by atoms with Crippen molar-refractivity contribution in [2.75, 3.05) is 19.6 Å². The van der Waals surface area contributed by atoms with Crippen LogP contribution in [0.25, 0.3) is 0 Å². The number of hydrogen-bond acceptors (Lipinski definition) is 2. The molecule has 1 saturated heterocycles. The number of hydrogen-bond donors (Lipinski definition) is 1. The molecule has 17 heavy (non-hydrogen) atoms. The molecule has 0 spiro atoms. The molecule has 1 N–H and O–H groups in total. The zero-order chi connectivity index (χ0) is 12.3. The molecule has 2 nitrogen and oxygen atoms in total. The lowest BCUT2D eigenvalue weighted by Gasteiger charge is -2.38. The van der Waals surface area contributed by atoms with Gasteiger partial charge < -0.3 is 5.32 Å². The van der Waals surface area contributed by atoms with Gasteiger partial charge in [-0.3, -0.25) is 4.90 Å². The molecule has 0 atom stereocenters. The summed E-state index contributed by atoms with van der Waals surface area (Å²) in [7, 11) is 0. The molecule has 1 aliphatic heterocycles. The second kappa shape index (κ2) is 5.65. The first kappa shape index (κ1) is 12.6. The molecular weight excluding hydrogens is 208 g/mol. The lowest BCUT2D eigenvalue weighted by molar-refractivity contribution is 0.138. The fourth-order valence-corrected chi connectivity index (χ4v) is 2.60. The van der Waals surface area contributed by atoms with E-state index in [1.54, 1.807) is 0 Å². The first-order chi connectivity index (χ1) is 8.19. The zero-order valence-corrected chi connectivity index (χ0v) is 11.3. The van der Waals surface area contributed by atoms with Crippen molar-refractivity contribution in [3.05, 3.63) is 34.9 Å². The summed E-state index contributed by atoms with van der Waals surface area (Å²) < 4.78 is 0. The number of rotatable bonds is 5. The molecule has 0 radical (unpaired) electrons. The van der Waals surface area contributed by atoms with Gasteiger partial charge in [-0.25, -0.2) is 0 Å². The van der Waals surface area contributed by atoms with E-state index in [0.717, 1.165) is 25.7 Å². The predicted octanol–water partition coefficient (Wildman–Crippen LogP) is 2.49. The number of nitrogens with zero attached hydrogens (tertiary/aromatic N) is 1. The van der Waals surface area contributed by atoms with E-state index < -0.39 is 0 Å². The van der Waals surface area contributed by atoms with E-state index in [4.69, 9.17) is 0 Å². The molecule has 1 aliphatic rings. The Bertz CT molecular complexity index is 349. The average molecular weight is 232 g/mol. The largest absolute Gasteiger partial charge is 0.314 e. The highest BCUT2D eigenvalue weighted by molar-refractivity contribution is 5.28. The monoisotopic (exact) mass is 232 g/mol. The van der Waals surface area contributed by atoms with Gasteiger partial charge in [0.05, 0.1) is 0 Å². The third-order valence-corrected chi connectivity index (χ3v) is 3.45. The Balaban J connectivity index is 2.05. The Hall–Kier alpha value is -0.860. The molecule has 1 heterocycles. The first-order valence-corrected chi connectivity index (χ1v) is 6.71. The number of aryl methyl sites for hydroxylation is 2. The van der Waals surface area contributed by atoms with Crippen LogP contribution in [0.5, 0.6) is 0 Å². The van der Waals surface area contributed by atoms with Gasteiger partial charge in [-0.05, 0) is 32.4 Å². The molecule has 94 valence electrons. The quantitative estimate of drug-likeness (QED) is 0.839. The minimum atomic E-state index is 0.746. The average Bonchev–Trinajstić information content (AvgIpc) is 2.13. The normalized spacial score (nSPS) is 16.2. The third-order valence-electron chi connectivity index (χ3n) is 3.45. The van der Waals surface area contributed by atoms with Crippen molar-refractivity contribution in [2.24, 2.45) is 0 Å². The van der Waals surface area contributed by atoms with Crippen LogP contribution in [-0.4, -0.2) is 30.6 Å². The summed E-state index contributed by atoms with van der Waals surface area (Å²) in [5, 5.41) is 3.37. The maximum absolute atomic E-state index is 3.37. The molecule has 0 aliphatic carbocycles.